The molecule has 0 amide bonds. The van der Waals surface area contributed by atoms with Gasteiger partial charge in [0.1, 0.15) is 0 Å². The van der Waals surface area contributed by atoms with E-state index >= 15 is 0 Å². The van der Waals surface area contributed by atoms with Crippen LogP contribution in [-0.2, 0) is 0 Å². The number of hydrogen-bond donors (Lipinski definition) is 0. The molecular formula is C15H21NS. The molecule has 0 N–H and O–H groups in total. The van der Waals surface area contributed by atoms with Crippen LogP contribution in [0.4, 0.5) is 0 Å². The van der Waals surface area contributed by atoms with E-state index in [-0.39, 0.29) is 0 Å². The van der Waals surface area contributed by atoms with Gasteiger partial charge in [-0.25, -0.2) is 0 Å². The molecule has 0 aliphatic carbocycles. The lowest BCUT2D eigenvalue weighted by Gasteiger charge is -2.06. The van der Waals surface area contributed by atoms with Crippen molar-refractivity contribution in [3.63, 3.8) is 0 Å². The molecule has 0 bridgehead atoms. The van der Waals surface area contributed by atoms with Gasteiger partial charge in [0.05, 0.1) is 0 Å². The van der Waals surface area contributed by atoms with Gasteiger partial charge in [-0.3, -0.25) is 0 Å². The summed E-state index contributed by atoms with van der Waals surface area (Å²) < 4.78 is 2.27. The molecule has 1 nitrogen and oxygen atoms in total. The van der Waals surface area contributed by atoms with Gasteiger partial charge in [-0.05, 0) is 47.1 Å². The summed E-state index contributed by atoms with van der Waals surface area (Å²) in [7, 11) is 0. The number of pyridine rings is 1. The van der Waals surface area contributed by atoms with Gasteiger partial charge in [-0.2, -0.15) is 11.8 Å². The smallest absolute Gasteiger partial charge is 0.0453 e. The van der Waals surface area contributed by atoms with E-state index in [0.717, 1.165) is 0 Å². The highest BCUT2D eigenvalue weighted by Gasteiger charge is 2.08. The minimum Gasteiger partial charge on any atom is -0.323 e. The van der Waals surface area contributed by atoms with Gasteiger partial charge in [0.15, 0.2) is 0 Å². The van der Waals surface area contributed by atoms with Crippen LogP contribution in [0.15, 0.2) is 30.6 Å². The normalized spacial score (nSPS) is 13.5. The minimum absolute atomic E-state index is 0.592. The van der Waals surface area contributed by atoms with Gasteiger partial charge in [0.25, 0.3) is 0 Å². The van der Waals surface area contributed by atoms with Crippen molar-refractivity contribution in [2.45, 2.75) is 32.6 Å². The van der Waals surface area contributed by atoms with Crippen molar-refractivity contribution in [2.24, 2.45) is 0 Å². The highest BCUT2D eigenvalue weighted by molar-refractivity contribution is 7.98. The second-order valence-corrected chi connectivity index (χ2v) is 5.99. The van der Waals surface area contributed by atoms with Crippen molar-refractivity contribution in [1.29, 1.82) is 0 Å². The van der Waals surface area contributed by atoms with Gasteiger partial charge >= 0.3 is 0 Å². The molecular weight excluding hydrogens is 226 g/mol. The number of nitrogens with zero attached hydrogens (tertiary/aromatic N) is 1. The molecule has 0 saturated heterocycles. The molecule has 17 heavy (non-hydrogen) atoms. The second-order valence-electron chi connectivity index (χ2n) is 5.08. The van der Waals surface area contributed by atoms with Crippen LogP contribution in [0, 0.1) is 0 Å². The molecule has 0 fully saturated rings. The Morgan fingerprint density at radius 1 is 1.12 bits per heavy atom. The van der Waals surface area contributed by atoms with Crippen LogP contribution in [-0.4, -0.2) is 16.4 Å². The summed E-state index contributed by atoms with van der Waals surface area (Å²) in [5.74, 6) is 2.41. The van der Waals surface area contributed by atoms with Crippen molar-refractivity contribution in [2.75, 3.05) is 12.0 Å². The van der Waals surface area contributed by atoms with Crippen molar-refractivity contribution in [3.8, 4) is 0 Å². The molecule has 0 aliphatic heterocycles. The van der Waals surface area contributed by atoms with E-state index in [1.165, 1.54) is 22.4 Å². The monoisotopic (exact) mass is 247 g/mol. The summed E-state index contributed by atoms with van der Waals surface area (Å²) in [6.45, 7) is 6.78. The van der Waals surface area contributed by atoms with Gasteiger partial charge in [0.2, 0.25) is 0 Å². The molecule has 2 aromatic heterocycles. The molecule has 0 saturated carbocycles. The fourth-order valence-corrected chi connectivity index (χ4v) is 2.80. The Morgan fingerprint density at radius 3 is 2.47 bits per heavy atom. The van der Waals surface area contributed by atoms with Crippen molar-refractivity contribution in [1.82, 2.24) is 4.40 Å². The summed E-state index contributed by atoms with van der Waals surface area (Å²) in [5, 5.41) is 0. The van der Waals surface area contributed by atoms with Crippen molar-refractivity contribution >= 4 is 17.3 Å². The van der Waals surface area contributed by atoms with Crippen LogP contribution in [0.2, 0.25) is 0 Å². The predicted molar refractivity (Wildman–Crippen MR) is 78.3 cm³/mol. The molecule has 0 aromatic carbocycles. The van der Waals surface area contributed by atoms with Crippen LogP contribution < -0.4 is 0 Å². The number of hydrogen-bond acceptors (Lipinski definition) is 1. The zero-order chi connectivity index (χ0) is 12.4. The zero-order valence-electron chi connectivity index (χ0n) is 11.1. The average Bonchev–Trinajstić information content (AvgIpc) is 2.71. The first-order valence-corrected chi connectivity index (χ1v) is 7.61. The SMILES string of the molecule is CSCC(C)c1cc2ccc(C(C)C)cn2c1. The predicted octanol–water partition coefficient (Wildman–Crippen LogP) is 4.53. The van der Waals surface area contributed by atoms with Gasteiger partial charge in [-0.1, -0.05) is 26.8 Å². The van der Waals surface area contributed by atoms with Gasteiger partial charge in [0, 0.05) is 17.9 Å². The lowest BCUT2D eigenvalue weighted by molar-refractivity contribution is 0.851. The maximum atomic E-state index is 2.31. The molecule has 92 valence electrons. The second kappa shape index (κ2) is 5.18. The van der Waals surface area contributed by atoms with E-state index in [9.17, 15) is 0 Å². The van der Waals surface area contributed by atoms with Gasteiger partial charge in [-0.15, -0.1) is 0 Å². The number of rotatable bonds is 4. The number of thioether (sulfide) groups is 1. The Morgan fingerprint density at radius 2 is 1.82 bits per heavy atom. The first kappa shape index (κ1) is 12.6. The lowest BCUT2D eigenvalue weighted by atomic mass is 10.1. The Bertz CT molecular complexity index is 499. The summed E-state index contributed by atoms with van der Waals surface area (Å²) in [5.41, 5.74) is 4.15. The standard InChI is InChI=1S/C15H21NS/c1-11(2)13-5-6-15-7-14(9-16(15)8-13)12(3)10-17-4/h5-9,11-12H,10H2,1-4H3. The van der Waals surface area contributed by atoms with E-state index < -0.39 is 0 Å². The summed E-state index contributed by atoms with van der Waals surface area (Å²) in [4.78, 5) is 0. The van der Waals surface area contributed by atoms with Crippen LogP contribution in [0.1, 0.15) is 43.7 Å². The quantitative estimate of drug-likeness (QED) is 0.768. The van der Waals surface area contributed by atoms with E-state index in [0.29, 0.717) is 11.8 Å². The Hall–Kier alpha value is -0.890. The third-order valence-electron chi connectivity index (χ3n) is 3.29. The van der Waals surface area contributed by atoms with Gasteiger partial charge < -0.3 is 4.40 Å². The fourth-order valence-electron chi connectivity index (χ4n) is 2.11. The van der Waals surface area contributed by atoms with Crippen LogP contribution in [0.25, 0.3) is 5.52 Å². The van der Waals surface area contributed by atoms with Crippen molar-refractivity contribution in [3.05, 3.63) is 41.7 Å². The highest BCUT2D eigenvalue weighted by Crippen LogP contribution is 2.23. The first-order valence-electron chi connectivity index (χ1n) is 6.22. The summed E-state index contributed by atoms with van der Waals surface area (Å²) >= 11 is 1.91. The number of fused-ring (bicyclic) bond motifs is 1. The largest absolute Gasteiger partial charge is 0.323 e. The third kappa shape index (κ3) is 2.68. The van der Waals surface area contributed by atoms with Crippen molar-refractivity contribution < 1.29 is 0 Å². The molecule has 2 heteroatoms. The molecule has 0 aliphatic rings. The fraction of sp³-hybridized carbons (Fsp3) is 0.467. The topological polar surface area (TPSA) is 4.41 Å². The minimum atomic E-state index is 0.592. The zero-order valence-corrected chi connectivity index (χ0v) is 11.9. The third-order valence-corrected chi connectivity index (χ3v) is 4.12. The molecule has 1 atom stereocenters. The number of aromatic nitrogens is 1. The lowest BCUT2D eigenvalue weighted by Crippen LogP contribution is -1.94. The first-order chi connectivity index (χ1) is 8.11. The average molecular weight is 247 g/mol. The molecule has 1 unspecified atom stereocenters. The summed E-state index contributed by atoms with van der Waals surface area (Å²) in [6, 6.07) is 6.78. The van der Waals surface area contributed by atoms with Crippen LogP contribution >= 0.6 is 11.8 Å². The molecule has 2 rings (SSSR count). The molecule has 2 aromatic rings. The Labute approximate surface area is 108 Å². The maximum Gasteiger partial charge on any atom is 0.0453 e. The van der Waals surface area contributed by atoms with E-state index in [1.54, 1.807) is 0 Å². The van der Waals surface area contributed by atoms with Crippen LogP contribution in [0.3, 0.4) is 0 Å². The van der Waals surface area contributed by atoms with E-state index in [1.807, 2.05) is 11.8 Å². The van der Waals surface area contributed by atoms with E-state index in [2.05, 4.69) is 62.0 Å². The highest BCUT2D eigenvalue weighted by atomic mass is 32.2. The Balaban J connectivity index is 2.36. The Kier molecular flexibility index (Phi) is 3.82. The molecule has 0 radical (unpaired) electrons. The van der Waals surface area contributed by atoms with E-state index in [4.69, 9.17) is 0 Å². The molecule has 0 spiro atoms. The maximum absolute atomic E-state index is 2.31. The van der Waals surface area contributed by atoms with Crippen LogP contribution in [0.5, 0.6) is 0 Å². The molecule has 2 heterocycles. The summed E-state index contributed by atoms with van der Waals surface area (Å²) in [6.07, 6.45) is 6.71.